The quantitative estimate of drug-likeness (QED) is 0.489. The molecule has 35 heavy (non-hydrogen) atoms. The van der Waals surface area contributed by atoms with Gasteiger partial charge in [0.05, 0.1) is 25.5 Å². The van der Waals surface area contributed by atoms with Gasteiger partial charge in [-0.25, -0.2) is 4.98 Å². The fourth-order valence-corrected chi connectivity index (χ4v) is 5.29. The standard InChI is InChI=1S/C24H29N7O4/c1-25-20-10-19(27-18-5-2-7-30(24(18)33)14-4-3-8-34-12-14)28-22-16(11-26-31(20)22)23(32)29-21-15-6-9-35-13-17(15)21/h2,5,7,10-11,14-15,17,21,25H,3-4,6,8-9,12-13H2,1H3,(H,27,28)(H,29,32)/t14-,15+,17-,21-/m0/s1. The first-order chi connectivity index (χ1) is 17.1. The molecule has 2 saturated heterocycles. The highest BCUT2D eigenvalue weighted by Crippen LogP contribution is 2.44. The van der Waals surface area contributed by atoms with Gasteiger partial charge in [0.25, 0.3) is 11.5 Å². The second-order valence-corrected chi connectivity index (χ2v) is 9.39. The SMILES string of the molecule is CNc1cc(Nc2cccn([C@H]3CCCOC3)c2=O)nc2c(C(=O)N[C@H]3[C@@H]4CCOC[C@@H]43)cnn12. The van der Waals surface area contributed by atoms with Crippen molar-refractivity contribution in [2.24, 2.45) is 11.8 Å². The van der Waals surface area contributed by atoms with Crippen molar-refractivity contribution in [1.29, 1.82) is 0 Å². The van der Waals surface area contributed by atoms with Gasteiger partial charge in [0, 0.05) is 44.5 Å². The van der Waals surface area contributed by atoms with Crippen LogP contribution < -0.4 is 21.5 Å². The molecule has 2 aliphatic heterocycles. The highest BCUT2D eigenvalue weighted by molar-refractivity contribution is 6.00. The van der Waals surface area contributed by atoms with E-state index in [0.717, 1.165) is 32.5 Å². The molecule has 0 unspecified atom stereocenters. The van der Waals surface area contributed by atoms with Crippen LogP contribution in [0, 0.1) is 11.8 Å². The molecule has 6 rings (SSSR count). The molecule has 3 aliphatic rings. The molecule has 0 aromatic carbocycles. The minimum absolute atomic E-state index is 0.0166. The summed E-state index contributed by atoms with van der Waals surface area (Å²) in [5.74, 6) is 1.76. The Kier molecular flexibility index (Phi) is 5.65. The van der Waals surface area contributed by atoms with E-state index >= 15 is 0 Å². The van der Waals surface area contributed by atoms with E-state index in [9.17, 15) is 9.59 Å². The predicted molar refractivity (Wildman–Crippen MR) is 129 cm³/mol. The van der Waals surface area contributed by atoms with Crippen molar-refractivity contribution in [1.82, 2.24) is 24.5 Å². The molecule has 11 nitrogen and oxygen atoms in total. The van der Waals surface area contributed by atoms with Crippen molar-refractivity contribution in [3.63, 3.8) is 0 Å². The summed E-state index contributed by atoms with van der Waals surface area (Å²) in [7, 11) is 1.77. The normalized spacial score (nSPS) is 25.6. The molecule has 5 heterocycles. The van der Waals surface area contributed by atoms with Gasteiger partial charge in [-0.3, -0.25) is 9.59 Å². The predicted octanol–water partition coefficient (Wildman–Crippen LogP) is 1.79. The van der Waals surface area contributed by atoms with Crippen molar-refractivity contribution >= 4 is 28.9 Å². The van der Waals surface area contributed by atoms with Crippen LogP contribution in [0.15, 0.2) is 35.4 Å². The Morgan fingerprint density at radius 1 is 1.17 bits per heavy atom. The van der Waals surface area contributed by atoms with E-state index in [0.29, 0.717) is 53.6 Å². The molecule has 3 fully saturated rings. The summed E-state index contributed by atoms with van der Waals surface area (Å²) in [6.45, 7) is 2.71. The summed E-state index contributed by atoms with van der Waals surface area (Å²) in [6, 6.07) is 5.48. The Labute approximate surface area is 201 Å². The minimum atomic E-state index is -0.203. The smallest absolute Gasteiger partial charge is 0.274 e. The number of nitrogens with zero attached hydrogens (tertiary/aromatic N) is 4. The van der Waals surface area contributed by atoms with Crippen LogP contribution >= 0.6 is 0 Å². The van der Waals surface area contributed by atoms with E-state index in [2.05, 4.69) is 26.0 Å². The number of nitrogens with one attached hydrogen (secondary N) is 3. The summed E-state index contributed by atoms with van der Waals surface area (Å²) in [5, 5.41) is 13.7. The molecule has 11 heteroatoms. The molecule has 1 amide bonds. The molecule has 3 N–H and O–H groups in total. The Morgan fingerprint density at radius 2 is 2.06 bits per heavy atom. The van der Waals surface area contributed by atoms with Gasteiger partial charge in [-0.1, -0.05) is 0 Å². The van der Waals surface area contributed by atoms with Gasteiger partial charge in [-0.05, 0) is 37.3 Å². The van der Waals surface area contributed by atoms with Gasteiger partial charge >= 0.3 is 0 Å². The van der Waals surface area contributed by atoms with Crippen LogP contribution in [0.2, 0.25) is 0 Å². The lowest BCUT2D eigenvalue weighted by molar-refractivity contribution is 0.0581. The highest BCUT2D eigenvalue weighted by Gasteiger charge is 2.52. The molecule has 3 aromatic rings. The van der Waals surface area contributed by atoms with Crippen LogP contribution in [0.4, 0.5) is 17.3 Å². The summed E-state index contributed by atoms with van der Waals surface area (Å²) in [5.41, 5.74) is 1.07. The average Bonchev–Trinajstić information content (AvgIpc) is 3.40. The van der Waals surface area contributed by atoms with Crippen LogP contribution in [0.5, 0.6) is 0 Å². The first kappa shape index (κ1) is 22.1. The fourth-order valence-electron chi connectivity index (χ4n) is 5.29. The topological polar surface area (TPSA) is 124 Å². The highest BCUT2D eigenvalue weighted by atomic mass is 16.5. The van der Waals surface area contributed by atoms with Crippen LogP contribution in [0.1, 0.15) is 35.7 Å². The number of rotatable bonds is 6. The second-order valence-electron chi connectivity index (χ2n) is 9.39. The Bertz CT molecular complexity index is 1300. The lowest BCUT2D eigenvalue weighted by Crippen LogP contribution is -2.31. The number of hydrogen-bond acceptors (Lipinski definition) is 8. The van der Waals surface area contributed by atoms with Crippen molar-refractivity contribution in [2.45, 2.75) is 31.3 Å². The summed E-state index contributed by atoms with van der Waals surface area (Å²) in [6.07, 6.45) is 6.13. The molecular weight excluding hydrogens is 450 g/mol. The van der Waals surface area contributed by atoms with Crippen LogP contribution in [0.3, 0.4) is 0 Å². The third-order valence-electron chi connectivity index (χ3n) is 7.27. The average molecular weight is 480 g/mol. The number of hydrogen-bond donors (Lipinski definition) is 3. The second kappa shape index (κ2) is 8.97. The minimum Gasteiger partial charge on any atom is -0.381 e. The van der Waals surface area contributed by atoms with Crippen molar-refractivity contribution < 1.29 is 14.3 Å². The number of pyridine rings is 1. The maximum atomic E-state index is 13.2. The Morgan fingerprint density at radius 3 is 2.83 bits per heavy atom. The third kappa shape index (κ3) is 4.04. The number of amides is 1. The fraction of sp³-hybridized carbons (Fsp3) is 0.500. The van der Waals surface area contributed by atoms with Gasteiger partial charge in [0.15, 0.2) is 5.65 Å². The van der Waals surface area contributed by atoms with Crippen LogP contribution in [0.25, 0.3) is 5.65 Å². The zero-order chi connectivity index (χ0) is 23.9. The molecule has 3 aromatic heterocycles. The van der Waals surface area contributed by atoms with Crippen LogP contribution in [-0.2, 0) is 9.47 Å². The zero-order valence-corrected chi connectivity index (χ0v) is 19.6. The molecule has 1 aliphatic carbocycles. The number of anilines is 3. The number of carbonyl (C=O) groups excluding carboxylic acids is 1. The van der Waals surface area contributed by atoms with Crippen molar-refractivity contribution in [3.8, 4) is 0 Å². The summed E-state index contributed by atoms with van der Waals surface area (Å²) < 4.78 is 14.4. The molecule has 1 saturated carbocycles. The molecule has 0 bridgehead atoms. The lowest BCUT2D eigenvalue weighted by Gasteiger charge is -2.24. The van der Waals surface area contributed by atoms with Gasteiger partial charge in [0.1, 0.15) is 22.9 Å². The van der Waals surface area contributed by atoms with Gasteiger partial charge < -0.3 is 30.0 Å². The Hall–Kier alpha value is -3.44. The molecule has 4 atom stereocenters. The maximum absolute atomic E-state index is 13.2. The number of fused-ring (bicyclic) bond motifs is 2. The van der Waals surface area contributed by atoms with E-state index < -0.39 is 0 Å². The summed E-state index contributed by atoms with van der Waals surface area (Å²) >= 11 is 0. The number of aromatic nitrogens is 4. The molecule has 0 radical (unpaired) electrons. The number of carbonyl (C=O) groups is 1. The maximum Gasteiger partial charge on any atom is 0.274 e. The van der Waals surface area contributed by atoms with E-state index in [4.69, 9.17) is 9.47 Å². The van der Waals surface area contributed by atoms with E-state index in [1.807, 2.05) is 6.07 Å². The van der Waals surface area contributed by atoms with Gasteiger partial charge in [0.2, 0.25) is 0 Å². The molecule has 0 spiro atoms. The van der Waals surface area contributed by atoms with E-state index in [-0.39, 0.29) is 23.6 Å². The van der Waals surface area contributed by atoms with Crippen molar-refractivity contribution in [3.05, 3.63) is 46.5 Å². The van der Waals surface area contributed by atoms with Crippen molar-refractivity contribution in [2.75, 3.05) is 44.1 Å². The van der Waals surface area contributed by atoms with Crippen LogP contribution in [-0.4, -0.2) is 64.6 Å². The molecule has 184 valence electrons. The largest absolute Gasteiger partial charge is 0.381 e. The monoisotopic (exact) mass is 479 g/mol. The van der Waals surface area contributed by atoms with E-state index in [1.54, 1.807) is 34.5 Å². The van der Waals surface area contributed by atoms with E-state index in [1.165, 1.54) is 6.20 Å². The van der Waals surface area contributed by atoms with Gasteiger partial charge in [-0.2, -0.15) is 9.61 Å². The Balaban J connectivity index is 1.28. The first-order valence-electron chi connectivity index (χ1n) is 12.1. The number of ether oxygens (including phenoxy) is 2. The van der Waals surface area contributed by atoms with Gasteiger partial charge in [-0.15, -0.1) is 0 Å². The zero-order valence-electron chi connectivity index (χ0n) is 19.6. The first-order valence-corrected chi connectivity index (χ1v) is 12.1. The lowest BCUT2D eigenvalue weighted by atomic mass is 10.1. The third-order valence-corrected chi connectivity index (χ3v) is 7.27. The summed E-state index contributed by atoms with van der Waals surface area (Å²) in [4.78, 5) is 30.9. The molecular formula is C24H29N7O4.